The lowest BCUT2D eigenvalue weighted by atomic mass is 10.0. The molecule has 2 saturated heterocycles. The number of benzene rings is 1. The number of carbonyl (C=O) groups is 1. The Morgan fingerprint density at radius 2 is 1.66 bits per heavy atom. The van der Waals surface area contributed by atoms with Gasteiger partial charge in [-0.2, -0.15) is 9.29 Å². The van der Waals surface area contributed by atoms with Crippen LogP contribution in [-0.2, 0) is 21.2 Å². The highest BCUT2D eigenvalue weighted by Gasteiger charge is 2.30. The Morgan fingerprint density at radius 1 is 0.875 bits per heavy atom. The average Bonchev–Trinajstić information content (AvgIpc) is 2.84. The minimum atomic E-state index is -3.59. The molecule has 0 atom stereocenters. The molecule has 0 radical (unpaired) electrons. The fourth-order valence-corrected chi connectivity index (χ4v) is 6.06. The molecule has 9 nitrogen and oxygen atoms in total. The van der Waals surface area contributed by atoms with Gasteiger partial charge in [0.1, 0.15) is 5.82 Å². The zero-order valence-corrected chi connectivity index (χ0v) is 18.9. The Labute approximate surface area is 188 Å². The van der Waals surface area contributed by atoms with Crippen LogP contribution in [-0.4, -0.2) is 67.9 Å². The van der Waals surface area contributed by atoms with E-state index in [9.17, 15) is 13.2 Å². The predicted octanol–water partition coefficient (Wildman–Crippen LogP) is 1.86. The third-order valence-corrected chi connectivity index (χ3v) is 8.33. The Hall–Kier alpha value is -2.72. The number of amides is 1. The highest BCUT2D eigenvalue weighted by molar-refractivity contribution is 7.89. The molecule has 2 fully saturated rings. The number of fused-ring (bicyclic) bond motifs is 1. The number of aryl methyl sites for hydroxylation is 1. The number of nitrogens with one attached hydrogen (secondary N) is 1. The average molecular weight is 457 g/mol. The van der Waals surface area contributed by atoms with E-state index in [2.05, 4.69) is 20.1 Å². The van der Waals surface area contributed by atoms with Crippen LogP contribution in [0.25, 0.3) is 0 Å². The van der Waals surface area contributed by atoms with Gasteiger partial charge in [-0.3, -0.25) is 4.79 Å². The van der Waals surface area contributed by atoms with Crippen LogP contribution in [0.1, 0.15) is 31.2 Å². The maximum absolute atomic E-state index is 13.2. The van der Waals surface area contributed by atoms with Crippen molar-refractivity contribution in [2.75, 3.05) is 54.4 Å². The van der Waals surface area contributed by atoms with Gasteiger partial charge in [-0.15, -0.1) is 0 Å². The number of piperazine rings is 1. The van der Waals surface area contributed by atoms with Crippen LogP contribution in [0.4, 0.5) is 17.5 Å². The molecule has 170 valence electrons. The summed E-state index contributed by atoms with van der Waals surface area (Å²) in [5.74, 6) is 1.58. The van der Waals surface area contributed by atoms with Crippen molar-refractivity contribution in [3.05, 3.63) is 36.0 Å². The first-order chi connectivity index (χ1) is 15.5. The van der Waals surface area contributed by atoms with E-state index >= 15 is 0 Å². The number of aromatic nitrogens is 2. The molecule has 1 amide bonds. The summed E-state index contributed by atoms with van der Waals surface area (Å²) in [5, 5.41) is 2.80. The second-order valence-electron chi connectivity index (χ2n) is 8.52. The van der Waals surface area contributed by atoms with Crippen LogP contribution >= 0.6 is 0 Å². The molecule has 2 aromatic rings. The molecule has 4 heterocycles. The maximum atomic E-state index is 13.2. The molecule has 1 aromatic heterocycles. The van der Waals surface area contributed by atoms with Crippen LogP contribution in [0.15, 0.2) is 35.4 Å². The highest BCUT2D eigenvalue weighted by atomic mass is 32.2. The van der Waals surface area contributed by atoms with Gasteiger partial charge in [-0.25, -0.2) is 13.4 Å². The van der Waals surface area contributed by atoms with Gasteiger partial charge in [0.25, 0.3) is 0 Å². The van der Waals surface area contributed by atoms with Crippen LogP contribution < -0.4 is 15.1 Å². The molecule has 0 spiro atoms. The van der Waals surface area contributed by atoms with Gasteiger partial charge in [0.2, 0.25) is 21.9 Å². The normalized spacial score (nSPS) is 20.1. The Kier molecular flexibility index (Phi) is 5.73. The van der Waals surface area contributed by atoms with Crippen molar-refractivity contribution in [1.29, 1.82) is 0 Å². The summed E-state index contributed by atoms with van der Waals surface area (Å²) in [4.78, 5) is 25.4. The van der Waals surface area contributed by atoms with E-state index in [0.29, 0.717) is 44.7 Å². The van der Waals surface area contributed by atoms with Gasteiger partial charge in [-0.1, -0.05) is 0 Å². The minimum absolute atomic E-state index is 0.0302. The van der Waals surface area contributed by atoms with Crippen molar-refractivity contribution in [3.63, 3.8) is 0 Å². The number of anilines is 3. The molecule has 0 aliphatic carbocycles. The molecular weight excluding hydrogens is 428 g/mol. The monoisotopic (exact) mass is 456 g/mol. The molecule has 32 heavy (non-hydrogen) atoms. The number of nitrogens with zero attached hydrogens (tertiary/aromatic N) is 5. The fraction of sp³-hybridized carbons (Fsp3) is 0.500. The van der Waals surface area contributed by atoms with E-state index in [-0.39, 0.29) is 10.8 Å². The summed E-state index contributed by atoms with van der Waals surface area (Å²) in [7, 11) is -3.59. The number of rotatable bonds is 4. The Bertz CT molecular complexity index is 1110. The quantitative estimate of drug-likeness (QED) is 0.750. The summed E-state index contributed by atoms with van der Waals surface area (Å²) in [6.45, 7) is 3.94. The van der Waals surface area contributed by atoms with Crippen LogP contribution in [0, 0.1) is 0 Å². The summed E-state index contributed by atoms with van der Waals surface area (Å²) >= 11 is 0. The van der Waals surface area contributed by atoms with E-state index in [1.54, 1.807) is 28.7 Å². The summed E-state index contributed by atoms with van der Waals surface area (Å²) in [6.07, 6.45) is 6.32. The van der Waals surface area contributed by atoms with E-state index < -0.39 is 10.0 Å². The number of sulfonamides is 1. The van der Waals surface area contributed by atoms with Crippen molar-refractivity contribution in [2.24, 2.45) is 0 Å². The number of piperidine rings is 1. The second kappa shape index (κ2) is 8.67. The van der Waals surface area contributed by atoms with Gasteiger partial charge in [-0.05, 0) is 55.5 Å². The molecule has 1 aromatic carbocycles. The molecule has 1 N–H and O–H groups in total. The van der Waals surface area contributed by atoms with Gasteiger partial charge >= 0.3 is 0 Å². The number of carbonyl (C=O) groups excluding carboxylic acids is 1. The van der Waals surface area contributed by atoms with Gasteiger partial charge in [0.05, 0.1) is 4.90 Å². The molecule has 0 unspecified atom stereocenters. The third-order valence-electron chi connectivity index (χ3n) is 6.44. The van der Waals surface area contributed by atoms with Crippen molar-refractivity contribution in [2.45, 2.75) is 37.0 Å². The zero-order valence-electron chi connectivity index (χ0n) is 18.0. The molecular formula is C22H28N6O3S. The van der Waals surface area contributed by atoms with Crippen molar-refractivity contribution < 1.29 is 13.2 Å². The van der Waals surface area contributed by atoms with E-state index in [1.165, 1.54) is 19.3 Å². The SMILES string of the molecule is O=C1CCc2cc(S(=O)(=O)N3CCN(c4ccnc(N5CCCCC5)n4)CC3)ccc2N1. The summed E-state index contributed by atoms with van der Waals surface area (Å²) in [5.41, 5.74) is 1.58. The molecule has 3 aliphatic rings. The van der Waals surface area contributed by atoms with E-state index in [0.717, 1.165) is 30.4 Å². The Morgan fingerprint density at radius 3 is 2.44 bits per heavy atom. The standard InChI is InChI=1S/C22H28N6O3S/c29-21-7-4-17-16-18(5-6-19(17)24-21)32(30,31)28-14-12-26(13-15-28)20-8-9-23-22(25-20)27-10-2-1-3-11-27/h5-6,8-9,16H,1-4,7,10-15H2,(H,24,29). The first kappa shape index (κ1) is 21.1. The number of hydrogen-bond donors (Lipinski definition) is 1. The van der Waals surface area contributed by atoms with E-state index in [4.69, 9.17) is 4.98 Å². The molecule has 10 heteroatoms. The fourth-order valence-electron chi connectivity index (χ4n) is 4.59. The van der Waals surface area contributed by atoms with Crippen molar-refractivity contribution in [1.82, 2.24) is 14.3 Å². The molecule has 0 bridgehead atoms. The number of hydrogen-bond acceptors (Lipinski definition) is 7. The lowest BCUT2D eigenvalue weighted by Crippen LogP contribution is -2.49. The molecule has 5 rings (SSSR count). The van der Waals surface area contributed by atoms with Crippen molar-refractivity contribution in [3.8, 4) is 0 Å². The third kappa shape index (κ3) is 4.16. The van der Waals surface area contributed by atoms with Crippen LogP contribution in [0.3, 0.4) is 0 Å². The topological polar surface area (TPSA) is 98.7 Å². The van der Waals surface area contributed by atoms with Crippen LogP contribution in [0.5, 0.6) is 0 Å². The summed E-state index contributed by atoms with van der Waals surface area (Å²) < 4.78 is 28.0. The maximum Gasteiger partial charge on any atom is 0.243 e. The zero-order chi connectivity index (χ0) is 22.1. The minimum Gasteiger partial charge on any atom is -0.354 e. The van der Waals surface area contributed by atoms with Crippen LogP contribution in [0.2, 0.25) is 0 Å². The predicted molar refractivity (Wildman–Crippen MR) is 122 cm³/mol. The van der Waals surface area contributed by atoms with Gasteiger partial charge in [0, 0.05) is 57.6 Å². The van der Waals surface area contributed by atoms with Gasteiger partial charge in [0.15, 0.2) is 0 Å². The largest absolute Gasteiger partial charge is 0.354 e. The van der Waals surface area contributed by atoms with E-state index in [1.807, 2.05) is 6.07 Å². The second-order valence-corrected chi connectivity index (χ2v) is 10.5. The highest BCUT2D eigenvalue weighted by Crippen LogP contribution is 2.28. The Balaban J connectivity index is 1.27. The van der Waals surface area contributed by atoms with Gasteiger partial charge < -0.3 is 15.1 Å². The first-order valence-corrected chi connectivity index (χ1v) is 12.7. The van der Waals surface area contributed by atoms with Crippen molar-refractivity contribution >= 4 is 33.4 Å². The molecule has 3 aliphatic heterocycles. The lowest BCUT2D eigenvalue weighted by Gasteiger charge is -2.35. The summed E-state index contributed by atoms with van der Waals surface area (Å²) in [6, 6.07) is 6.88. The smallest absolute Gasteiger partial charge is 0.243 e. The lowest BCUT2D eigenvalue weighted by molar-refractivity contribution is -0.116. The molecule has 0 saturated carbocycles. The first-order valence-electron chi connectivity index (χ1n) is 11.3.